The van der Waals surface area contributed by atoms with Gasteiger partial charge in [-0.05, 0) is 54.8 Å². The van der Waals surface area contributed by atoms with Crippen LogP contribution in [-0.4, -0.2) is 18.5 Å². The van der Waals surface area contributed by atoms with Crippen LogP contribution in [0.4, 0.5) is 0 Å². The summed E-state index contributed by atoms with van der Waals surface area (Å²) in [7, 11) is 0. The topological polar surface area (TPSA) is 55.1 Å². The molecule has 0 bridgehead atoms. The van der Waals surface area contributed by atoms with E-state index in [1.165, 1.54) is 5.56 Å². The van der Waals surface area contributed by atoms with Gasteiger partial charge in [-0.3, -0.25) is 4.79 Å². The molecule has 160 valence electrons. The van der Waals surface area contributed by atoms with Crippen LogP contribution in [0.5, 0.6) is 0 Å². The summed E-state index contributed by atoms with van der Waals surface area (Å²) in [6.07, 6.45) is 5.21. The number of primary amides is 1. The predicted octanol–water partition coefficient (Wildman–Crippen LogP) is 4.85. The molecule has 0 aliphatic heterocycles. The molecule has 0 heterocycles. The zero-order chi connectivity index (χ0) is 21.5. The number of carbonyl (C=O) groups excluding carboxylic acids is 1. The van der Waals surface area contributed by atoms with Gasteiger partial charge in [0.1, 0.15) is 5.41 Å². The first-order valence-electron chi connectivity index (χ1n) is 11.4. The molecule has 2 unspecified atom stereocenters. The van der Waals surface area contributed by atoms with E-state index >= 15 is 0 Å². The first-order valence-corrected chi connectivity index (χ1v) is 11.4. The first-order chi connectivity index (χ1) is 15.2. The van der Waals surface area contributed by atoms with E-state index in [0.717, 1.165) is 49.8 Å². The first kappa shape index (κ1) is 21.3. The molecule has 0 spiro atoms. The monoisotopic (exact) mass is 412 g/mol. The van der Waals surface area contributed by atoms with E-state index in [-0.39, 0.29) is 11.8 Å². The Hall–Kier alpha value is -2.91. The van der Waals surface area contributed by atoms with Crippen molar-refractivity contribution in [1.82, 2.24) is 5.32 Å². The molecule has 3 heteroatoms. The summed E-state index contributed by atoms with van der Waals surface area (Å²) < 4.78 is 0. The molecule has 1 aliphatic rings. The molecule has 1 aliphatic carbocycles. The van der Waals surface area contributed by atoms with Crippen molar-refractivity contribution in [1.29, 1.82) is 0 Å². The number of carbonyl (C=O) groups is 1. The van der Waals surface area contributed by atoms with Crippen LogP contribution in [0.3, 0.4) is 0 Å². The van der Waals surface area contributed by atoms with Crippen LogP contribution in [-0.2, 0) is 16.6 Å². The maximum Gasteiger partial charge on any atom is 0.232 e. The molecular formula is C28H32N2O. The highest BCUT2D eigenvalue weighted by Gasteiger charge is 2.48. The Morgan fingerprint density at radius 3 is 1.94 bits per heavy atom. The smallest absolute Gasteiger partial charge is 0.232 e. The minimum atomic E-state index is -0.803. The maximum absolute atomic E-state index is 13.2. The van der Waals surface area contributed by atoms with Crippen molar-refractivity contribution in [3.63, 3.8) is 0 Å². The summed E-state index contributed by atoms with van der Waals surface area (Å²) >= 11 is 0. The summed E-state index contributed by atoms with van der Waals surface area (Å²) in [5, 5.41) is 3.76. The van der Waals surface area contributed by atoms with Gasteiger partial charge in [0.05, 0.1) is 0 Å². The van der Waals surface area contributed by atoms with Crippen molar-refractivity contribution in [2.45, 2.75) is 43.6 Å². The minimum Gasteiger partial charge on any atom is -0.369 e. The molecule has 0 radical (unpaired) electrons. The lowest BCUT2D eigenvalue weighted by molar-refractivity contribution is -0.124. The van der Waals surface area contributed by atoms with E-state index in [1.54, 1.807) is 0 Å². The summed E-state index contributed by atoms with van der Waals surface area (Å²) in [5.41, 5.74) is 8.78. The Bertz CT molecular complexity index is 917. The minimum absolute atomic E-state index is 0.165. The molecule has 3 aromatic rings. The van der Waals surface area contributed by atoms with Gasteiger partial charge in [0, 0.05) is 6.04 Å². The molecule has 4 rings (SSSR count). The summed E-state index contributed by atoms with van der Waals surface area (Å²) in [5.74, 6) is -0.0855. The second kappa shape index (κ2) is 9.93. The van der Waals surface area contributed by atoms with Crippen LogP contribution in [0.2, 0.25) is 0 Å². The molecule has 1 amide bonds. The second-order valence-electron chi connectivity index (χ2n) is 8.65. The fourth-order valence-corrected chi connectivity index (χ4v) is 5.36. The lowest BCUT2D eigenvalue weighted by atomic mass is 9.60. The molecular weight excluding hydrogens is 380 g/mol. The lowest BCUT2D eigenvalue weighted by Crippen LogP contribution is -2.51. The number of amides is 1. The number of benzene rings is 3. The van der Waals surface area contributed by atoms with Crippen molar-refractivity contribution in [3.8, 4) is 0 Å². The SMILES string of the molecule is NC(=O)C(c1ccccc1)(c1ccccc1)C1CCCC(NCCc2ccccc2)C1. The van der Waals surface area contributed by atoms with Crippen molar-refractivity contribution in [3.05, 3.63) is 108 Å². The van der Waals surface area contributed by atoms with Crippen LogP contribution in [0.25, 0.3) is 0 Å². The van der Waals surface area contributed by atoms with E-state index in [9.17, 15) is 4.79 Å². The quantitative estimate of drug-likeness (QED) is 0.556. The van der Waals surface area contributed by atoms with Gasteiger partial charge in [0.15, 0.2) is 0 Å². The van der Waals surface area contributed by atoms with Gasteiger partial charge < -0.3 is 11.1 Å². The molecule has 0 saturated heterocycles. The number of rotatable bonds is 8. The third-order valence-corrected chi connectivity index (χ3v) is 6.82. The van der Waals surface area contributed by atoms with Gasteiger partial charge in [-0.15, -0.1) is 0 Å². The molecule has 0 aromatic heterocycles. The summed E-state index contributed by atoms with van der Waals surface area (Å²) in [6, 6.07) is 31.2. The van der Waals surface area contributed by atoms with Crippen molar-refractivity contribution < 1.29 is 4.79 Å². The zero-order valence-corrected chi connectivity index (χ0v) is 18.0. The highest BCUT2D eigenvalue weighted by Crippen LogP contribution is 2.45. The Morgan fingerprint density at radius 2 is 1.39 bits per heavy atom. The van der Waals surface area contributed by atoms with Crippen molar-refractivity contribution in [2.24, 2.45) is 11.7 Å². The average molecular weight is 413 g/mol. The number of nitrogens with two attached hydrogens (primary N) is 1. The van der Waals surface area contributed by atoms with Crippen LogP contribution in [0.1, 0.15) is 42.4 Å². The second-order valence-corrected chi connectivity index (χ2v) is 8.65. The van der Waals surface area contributed by atoms with Crippen LogP contribution in [0.15, 0.2) is 91.0 Å². The molecule has 1 saturated carbocycles. The number of hydrogen-bond acceptors (Lipinski definition) is 2. The van der Waals surface area contributed by atoms with Gasteiger partial charge >= 0.3 is 0 Å². The van der Waals surface area contributed by atoms with Gasteiger partial charge in [0.25, 0.3) is 0 Å². The fourth-order valence-electron chi connectivity index (χ4n) is 5.36. The van der Waals surface area contributed by atoms with Crippen LogP contribution >= 0.6 is 0 Å². The predicted molar refractivity (Wildman–Crippen MR) is 127 cm³/mol. The Balaban J connectivity index is 1.58. The zero-order valence-electron chi connectivity index (χ0n) is 18.0. The average Bonchev–Trinajstić information content (AvgIpc) is 2.82. The molecule has 3 aromatic carbocycles. The maximum atomic E-state index is 13.2. The van der Waals surface area contributed by atoms with E-state index in [4.69, 9.17) is 5.73 Å². The molecule has 2 atom stereocenters. The van der Waals surface area contributed by atoms with Crippen LogP contribution in [0, 0.1) is 5.92 Å². The summed E-state index contributed by atoms with van der Waals surface area (Å²) in [4.78, 5) is 13.2. The Kier molecular flexibility index (Phi) is 6.83. The Morgan fingerprint density at radius 1 is 0.839 bits per heavy atom. The Labute approximate surface area is 185 Å². The summed E-state index contributed by atoms with van der Waals surface area (Å²) in [6.45, 7) is 0.946. The lowest BCUT2D eigenvalue weighted by Gasteiger charge is -2.43. The highest BCUT2D eigenvalue weighted by molar-refractivity contribution is 5.91. The largest absolute Gasteiger partial charge is 0.369 e. The van der Waals surface area contributed by atoms with E-state index in [1.807, 2.05) is 36.4 Å². The van der Waals surface area contributed by atoms with Gasteiger partial charge in [-0.25, -0.2) is 0 Å². The number of hydrogen-bond donors (Lipinski definition) is 2. The van der Waals surface area contributed by atoms with E-state index in [0.29, 0.717) is 6.04 Å². The third-order valence-electron chi connectivity index (χ3n) is 6.82. The van der Waals surface area contributed by atoms with Gasteiger partial charge in [0.2, 0.25) is 5.91 Å². The fraction of sp³-hybridized carbons (Fsp3) is 0.321. The van der Waals surface area contributed by atoms with Crippen molar-refractivity contribution in [2.75, 3.05) is 6.54 Å². The third kappa shape index (κ3) is 4.57. The number of nitrogens with one attached hydrogen (secondary N) is 1. The molecule has 31 heavy (non-hydrogen) atoms. The standard InChI is InChI=1S/C28H32N2O/c29-27(31)28(23-13-6-2-7-14-23,24-15-8-3-9-16-24)25-17-10-18-26(21-25)30-20-19-22-11-4-1-5-12-22/h1-9,11-16,25-26,30H,10,17-21H2,(H2,29,31). The van der Waals surface area contributed by atoms with Gasteiger partial charge in [-0.2, -0.15) is 0 Å². The highest BCUT2D eigenvalue weighted by atomic mass is 16.1. The normalized spacial score (nSPS) is 19.1. The van der Waals surface area contributed by atoms with Crippen LogP contribution < -0.4 is 11.1 Å². The van der Waals surface area contributed by atoms with Gasteiger partial charge in [-0.1, -0.05) is 97.4 Å². The van der Waals surface area contributed by atoms with Crippen molar-refractivity contribution >= 4 is 5.91 Å². The van der Waals surface area contributed by atoms with E-state index in [2.05, 4.69) is 59.9 Å². The van der Waals surface area contributed by atoms with E-state index < -0.39 is 5.41 Å². The molecule has 1 fully saturated rings. The molecule has 3 N–H and O–H groups in total. The molecule has 3 nitrogen and oxygen atoms in total.